The first-order valence-corrected chi connectivity index (χ1v) is 4.18. The molecule has 6 heteroatoms. The molecule has 1 aromatic heterocycles. The average molecular weight is 198 g/mol. The van der Waals surface area contributed by atoms with Crippen molar-refractivity contribution in [3.05, 3.63) is 34.1 Å². The van der Waals surface area contributed by atoms with E-state index < -0.39 is 5.97 Å². The minimum atomic E-state index is -1.04. The molecule has 5 nitrogen and oxygen atoms in total. The summed E-state index contributed by atoms with van der Waals surface area (Å²) in [5.41, 5.74) is -0.263. The number of rotatable bonds is 3. The van der Waals surface area contributed by atoms with Crippen LogP contribution in [-0.4, -0.2) is 21.0 Å². The molecule has 0 aliphatic heterocycles. The molecule has 0 aromatic carbocycles. The van der Waals surface area contributed by atoms with Crippen LogP contribution in [0.15, 0.2) is 33.7 Å². The molecule has 68 valence electrons. The Bertz CT molecular complexity index is 385. The van der Waals surface area contributed by atoms with Crippen molar-refractivity contribution in [2.75, 3.05) is 0 Å². The van der Waals surface area contributed by atoms with E-state index >= 15 is 0 Å². The van der Waals surface area contributed by atoms with Gasteiger partial charge in [-0.25, -0.2) is 9.78 Å². The number of hydrogen-bond acceptors (Lipinski definition) is 4. The van der Waals surface area contributed by atoms with Gasteiger partial charge in [0.15, 0.2) is 5.16 Å². The van der Waals surface area contributed by atoms with Crippen molar-refractivity contribution in [3.63, 3.8) is 0 Å². The Kier molecular flexibility index (Phi) is 3.27. The van der Waals surface area contributed by atoms with Gasteiger partial charge in [-0.3, -0.25) is 4.79 Å². The summed E-state index contributed by atoms with van der Waals surface area (Å²) >= 11 is 1.03. The fourth-order valence-electron chi connectivity index (χ4n) is 0.569. The van der Waals surface area contributed by atoms with Crippen LogP contribution in [0.5, 0.6) is 0 Å². The van der Waals surface area contributed by atoms with Gasteiger partial charge in [0.05, 0.1) is 0 Å². The van der Waals surface area contributed by atoms with E-state index in [4.69, 9.17) is 5.11 Å². The summed E-state index contributed by atoms with van der Waals surface area (Å²) in [6.45, 7) is 0. The van der Waals surface area contributed by atoms with E-state index in [0.29, 0.717) is 5.16 Å². The SMILES string of the molecule is O=C(O)/C=C/Sc1nccc(=O)[nH]1. The Hall–Kier alpha value is -1.56. The Morgan fingerprint density at radius 1 is 1.69 bits per heavy atom. The predicted octanol–water partition coefficient (Wildman–Crippen LogP) is 0.460. The topological polar surface area (TPSA) is 83.0 Å². The maximum atomic E-state index is 10.7. The third-order valence-electron chi connectivity index (χ3n) is 1.04. The summed E-state index contributed by atoms with van der Waals surface area (Å²) in [5.74, 6) is -1.04. The highest BCUT2D eigenvalue weighted by atomic mass is 32.2. The number of H-pyrrole nitrogens is 1. The van der Waals surface area contributed by atoms with Crippen molar-refractivity contribution >= 4 is 17.7 Å². The maximum Gasteiger partial charge on any atom is 0.328 e. The quantitative estimate of drug-likeness (QED) is 0.419. The highest BCUT2D eigenvalue weighted by molar-refractivity contribution is 8.02. The number of carboxylic acid groups (broad SMARTS) is 1. The number of hydrogen-bond donors (Lipinski definition) is 2. The molecule has 0 amide bonds. The Balaban J connectivity index is 2.65. The summed E-state index contributed by atoms with van der Waals surface area (Å²) in [5, 5.41) is 9.95. The predicted molar refractivity (Wildman–Crippen MR) is 47.5 cm³/mol. The lowest BCUT2D eigenvalue weighted by atomic mass is 10.7. The van der Waals surface area contributed by atoms with E-state index in [1.807, 2.05) is 0 Å². The number of aromatic amines is 1. The highest BCUT2D eigenvalue weighted by Crippen LogP contribution is 2.10. The van der Waals surface area contributed by atoms with Crippen LogP contribution < -0.4 is 5.56 Å². The van der Waals surface area contributed by atoms with E-state index in [1.54, 1.807) is 0 Å². The van der Waals surface area contributed by atoms with Crippen LogP contribution in [0.1, 0.15) is 0 Å². The van der Waals surface area contributed by atoms with Crippen molar-refractivity contribution in [1.29, 1.82) is 0 Å². The second-order valence-corrected chi connectivity index (χ2v) is 2.89. The van der Waals surface area contributed by atoms with Gasteiger partial charge >= 0.3 is 5.97 Å². The minimum absolute atomic E-state index is 0.263. The van der Waals surface area contributed by atoms with Crippen LogP contribution in [-0.2, 0) is 4.79 Å². The monoisotopic (exact) mass is 198 g/mol. The molecule has 0 aliphatic carbocycles. The lowest BCUT2D eigenvalue weighted by Crippen LogP contribution is -2.04. The van der Waals surface area contributed by atoms with E-state index in [-0.39, 0.29) is 5.56 Å². The third-order valence-corrected chi connectivity index (χ3v) is 1.74. The maximum absolute atomic E-state index is 10.7. The smallest absolute Gasteiger partial charge is 0.328 e. The van der Waals surface area contributed by atoms with Gasteiger partial charge in [-0.2, -0.15) is 0 Å². The number of aliphatic carboxylic acids is 1. The standard InChI is InChI=1S/C7H6N2O3S/c10-5-1-3-8-7(9-5)13-4-2-6(11)12/h1-4H,(H,11,12)(H,8,9,10)/b4-2+. The molecule has 0 radical (unpaired) electrons. The minimum Gasteiger partial charge on any atom is -0.478 e. The van der Waals surface area contributed by atoms with Gasteiger partial charge in [0, 0.05) is 18.3 Å². The van der Waals surface area contributed by atoms with Crippen molar-refractivity contribution in [1.82, 2.24) is 9.97 Å². The Labute approximate surface area is 77.5 Å². The fraction of sp³-hybridized carbons (Fsp3) is 0. The zero-order chi connectivity index (χ0) is 9.68. The second-order valence-electron chi connectivity index (χ2n) is 2.00. The average Bonchev–Trinajstić information content (AvgIpc) is 2.03. The van der Waals surface area contributed by atoms with Gasteiger partial charge in [0.25, 0.3) is 5.56 Å². The fourth-order valence-corrected chi connectivity index (χ4v) is 1.16. The molecule has 0 bridgehead atoms. The summed E-state index contributed by atoms with van der Waals surface area (Å²) < 4.78 is 0. The van der Waals surface area contributed by atoms with Crippen LogP contribution >= 0.6 is 11.8 Å². The second kappa shape index (κ2) is 4.46. The zero-order valence-corrected chi connectivity index (χ0v) is 7.25. The van der Waals surface area contributed by atoms with E-state index in [0.717, 1.165) is 17.8 Å². The molecule has 0 fully saturated rings. The number of thioether (sulfide) groups is 1. The molecule has 0 unspecified atom stereocenters. The van der Waals surface area contributed by atoms with Crippen LogP contribution in [0.25, 0.3) is 0 Å². The number of nitrogens with zero attached hydrogens (tertiary/aromatic N) is 1. The molecular weight excluding hydrogens is 192 g/mol. The zero-order valence-electron chi connectivity index (χ0n) is 6.43. The largest absolute Gasteiger partial charge is 0.478 e. The van der Waals surface area contributed by atoms with Crippen LogP contribution in [0.4, 0.5) is 0 Å². The first-order chi connectivity index (χ1) is 6.18. The molecule has 13 heavy (non-hydrogen) atoms. The molecule has 1 heterocycles. The van der Waals surface area contributed by atoms with Crippen LogP contribution in [0.3, 0.4) is 0 Å². The van der Waals surface area contributed by atoms with Gasteiger partial charge in [0.1, 0.15) is 0 Å². The summed E-state index contributed by atoms with van der Waals surface area (Å²) in [6, 6.07) is 1.28. The molecule has 2 N–H and O–H groups in total. The van der Waals surface area contributed by atoms with Crippen molar-refractivity contribution < 1.29 is 9.90 Å². The lowest BCUT2D eigenvalue weighted by molar-refractivity contribution is -0.131. The van der Waals surface area contributed by atoms with E-state index in [1.165, 1.54) is 17.7 Å². The molecule has 1 aromatic rings. The number of nitrogens with one attached hydrogen (secondary N) is 1. The van der Waals surface area contributed by atoms with Gasteiger partial charge in [-0.1, -0.05) is 11.8 Å². The molecular formula is C7H6N2O3S. The lowest BCUT2D eigenvalue weighted by Gasteiger charge is -1.91. The summed E-state index contributed by atoms with van der Waals surface area (Å²) in [7, 11) is 0. The summed E-state index contributed by atoms with van der Waals surface area (Å²) in [6.07, 6.45) is 2.33. The molecule has 0 atom stereocenters. The molecule has 0 saturated heterocycles. The third kappa shape index (κ3) is 3.57. The number of carboxylic acids is 1. The van der Waals surface area contributed by atoms with Gasteiger partial charge < -0.3 is 10.1 Å². The van der Waals surface area contributed by atoms with E-state index in [9.17, 15) is 9.59 Å². The first-order valence-electron chi connectivity index (χ1n) is 3.30. The van der Waals surface area contributed by atoms with Gasteiger partial charge in [-0.05, 0) is 5.41 Å². The van der Waals surface area contributed by atoms with Crippen LogP contribution in [0.2, 0.25) is 0 Å². The number of carbonyl (C=O) groups is 1. The Morgan fingerprint density at radius 2 is 2.46 bits per heavy atom. The van der Waals surface area contributed by atoms with E-state index in [2.05, 4.69) is 9.97 Å². The number of aromatic nitrogens is 2. The van der Waals surface area contributed by atoms with Crippen LogP contribution in [0, 0.1) is 0 Å². The highest BCUT2D eigenvalue weighted by Gasteiger charge is 1.92. The Morgan fingerprint density at radius 3 is 3.08 bits per heavy atom. The summed E-state index contributed by atoms with van der Waals surface area (Å²) in [4.78, 5) is 27.0. The van der Waals surface area contributed by atoms with Crippen molar-refractivity contribution in [3.8, 4) is 0 Å². The first kappa shape index (κ1) is 9.53. The van der Waals surface area contributed by atoms with Gasteiger partial charge in [-0.15, -0.1) is 0 Å². The van der Waals surface area contributed by atoms with Crippen molar-refractivity contribution in [2.45, 2.75) is 5.16 Å². The molecule has 1 rings (SSSR count). The van der Waals surface area contributed by atoms with Crippen molar-refractivity contribution in [2.24, 2.45) is 0 Å². The molecule has 0 saturated carbocycles. The molecule has 0 aliphatic rings. The molecule has 0 spiro atoms. The van der Waals surface area contributed by atoms with Gasteiger partial charge in [0.2, 0.25) is 0 Å². The normalized spacial score (nSPS) is 10.5.